The van der Waals surface area contributed by atoms with Gasteiger partial charge in [0, 0.05) is 6.04 Å². The minimum absolute atomic E-state index is 0.110. The Morgan fingerprint density at radius 1 is 1.19 bits per heavy atom. The predicted molar refractivity (Wildman–Crippen MR) is 61.1 cm³/mol. The number of nitrogens with two attached hydrogens (primary N) is 1. The predicted octanol–water partition coefficient (Wildman–Crippen LogP) is 0.307. The maximum atomic E-state index is 11.4. The molecule has 2 unspecified atom stereocenters. The monoisotopic (exact) mass is 227 g/mol. The number of hydrogen-bond donors (Lipinski definition) is 3. The Morgan fingerprint density at radius 3 is 2.38 bits per heavy atom. The third kappa shape index (κ3) is 3.20. The Balaban J connectivity index is 2.56. The summed E-state index contributed by atoms with van der Waals surface area (Å²) in [5, 5.41) is 2.77. The molecular weight excluding hydrogens is 206 g/mol. The largest absolute Gasteiger partial charge is 0.345 e. The van der Waals surface area contributed by atoms with Gasteiger partial charge in [0.25, 0.3) is 0 Å². The van der Waals surface area contributed by atoms with E-state index in [1.165, 1.54) is 6.42 Å². The van der Waals surface area contributed by atoms with Crippen LogP contribution in [0.25, 0.3) is 0 Å². The average molecular weight is 227 g/mol. The minimum atomic E-state index is -0.770. The quantitative estimate of drug-likeness (QED) is 0.275. The SMILES string of the molecule is CC(C)C1CCCCC1NC(=O)C(=O)NN. The standard InChI is InChI=1S/C11H21N3O2/c1-7(2)8-5-3-4-6-9(8)13-10(15)11(16)14-12/h7-9H,3-6,12H2,1-2H3,(H,13,15)(H,14,16). The second-order valence-electron chi connectivity index (χ2n) is 4.75. The van der Waals surface area contributed by atoms with Gasteiger partial charge in [-0.2, -0.15) is 0 Å². The molecule has 2 atom stereocenters. The highest BCUT2D eigenvalue weighted by Gasteiger charge is 2.29. The Morgan fingerprint density at radius 2 is 1.81 bits per heavy atom. The topological polar surface area (TPSA) is 84.2 Å². The smallest absolute Gasteiger partial charge is 0.323 e. The zero-order valence-corrected chi connectivity index (χ0v) is 9.95. The van der Waals surface area contributed by atoms with E-state index < -0.39 is 11.8 Å². The zero-order chi connectivity index (χ0) is 12.1. The molecule has 0 aromatic rings. The number of rotatable bonds is 2. The summed E-state index contributed by atoms with van der Waals surface area (Å²) < 4.78 is 0. The van der Waals surface area contributed by atoms with Gasteiger partial charge in [0.1, 0.15) is 0 Å². The van der Waals surface area contributed by atoms with Gasteiger partial charge < -0.3 is 5.32 Å². The van der Waals surface area contributed by atoms with Crippen molar-refractivity contribution in [2.24, 2.45) is 17.7 Å². The minimum Gasteiger partial charge on any atom is -0.345 e. The molecule has 2 amide bonds. The van der Waals surface area contributed by atoms with Crippen molar-refractivity contribution < 1.29 is 9.59 Å². The van der Waals surface area contributed by atoms with E-state index in [0.717, 1.165) is 19.3 Å². The molecule has 0 heterocycles. The van der Waals surface area contributed by atoms with Gasteiger partial charge in [-0.3, -0.25) is 15.0 Å². The summed E-state index contributed by atoms with van der Waals surface area (Å²) in [7, 11) is 0. The fourth-order valence-electron chi connectivity index (χ4n) is 2.44. The second kappa shape index (κ2) is 5.84. The lowest BCUT2D eigenvalue weighted by Gasteiger charge is -2.34. The average Bonchev–Trinajstić information content (AvgIpc) is 2.28. The molecule has 0 spiro atoms. The fraction of sp³-hybridized carbons (Fsp3) is 0.818. The number of hydrazine groups is 1. The summed E-state index contributed by atoms with van der Waals surface area (Å²) >= 11 is 0. The number of hydrogen-bond acceptors (Lipinski definition) is 3. The third-order valence-electron chi connectivity index (χ3n) is 3.33. The van der Waals surface area contributed by atoms with Crippen LogP contribution >= 0.6 is 0 Å². The molecule has 0 saturated heterocycles. The normalized spacial score (nSPS) is 25.2. The molecule has 5 nitrogen and oxygen atoms in total. The van der Waals surface area contributed by atoms with Gasteiger partial charge in [0.2, 0.25) is 0 Å². The Hall–Kier alpha value is -1.10. The molecule has 1 saturated carbocycles. The molecule has 0 aromatic heterocycles. The van der Waals surface area contributed by atoms with Gasteiger partial charge in [0.15, 0.2) is 0 Å². The highest BCUT2D eigenvalue weighted by molar-refractivity contribution is 6.34. The Bertz CT molecular complexity index is 266. The van der Waals surface area contributed by atoms with E-state index in [0.29, 0.717) is 11.8 Å². The van der Waals surface area contributed by atoms with Crippen LogP contribution in [-0.4, -0.2) is 17.9 Å². The fourth-order valence-corrected chi connectivity index (χ4v) is 2.44. The first-order valence-electron chi connectivity index (χ1n) is 5.87. The molecule has 0 aromatic carbocycles. The molecule has 1 fully saturated rings. The van der Waals surface area contributed by atoms with E-state index in [9.17, 15) is 9.59 Å². The van der Waals surface area contributed by atoms with Gasteiger partial charge in [-0.25, -0.2) is 5.84 Å². The Kier molecular flexibility index (Phi) is 4.73. The molecule has 0 aliphatic heterocycles. The number of nitrogens with one attached hydrogen (secondary N) is 2. The van der Waals surface area contributed by atoms with E-state index in [2.05, 4.69) is 19.2 Å². The van der Waals surface area contributed by atoms with E-state index in [4.69, 9.17) is 5.84 Å². The van der Waals surface area contributed by atoms with Crippen LogP contribution in [0.1, 0.15) is 39.5 Å². The summed E-state index contributed by atoms with van der Waals surface area (Å²) in [5.74, 6) is 4.50. The van der Waals surface area contributed by atoms with Gasteiger partial charge in [-0.05, 0) is 24.7 Å². The third-order valence-corrected chi connectivity index (χ3v) is 3.33. The van der Waals surface area contributed by atoms with E-state index in [1.54, 1.807) is 0 Å². The molecule has 92 valence electrons. The lowest BCUT2D eigenvalue weighted by molar-refractivity contribution is -0.140. The molecule has 4 N–H and O–H groups in total. The van der Waals surface area contributed by atoms with Gasteiger partial charge in [-0.1, -0.05) is 26.7 Å². The van der Waals surface area contributed by atoms with Crippen LogP contribution in [0.4, 0.5) is 0 Å². The lowest BCUT2D eigenvalue weighted by Crippen LogP contribution is -2.50. The zero-order valence-electron chi connectivity index (χ0n) is 9.95. The van der Waals surface area contributed by atoms with E-state index in [-0.39, 0.29) is 6.04 Å². The molecule has 5 heteroatoms. The number of carbonyl (C=O) groups excluding carboxylic acids is 2. The molecular formula is C11H21N3O2. The van der Waals surface area contributed by atoms with Crippen molar-refractivity contribution in [3.63, 3.8) is 0 Å². The van der Waals surface area contributed by atoms with Crippen LogP contribution in [-0.2, 0) is 9.59 Å². The first-order chi connectivity index (χ1) is 7.56. The number of amides is 2. The van der Waals surface area contributed by atoms with Crippen LogP contribution in [0.5, 0.6) is 0 Å². The first-order valence-corrected chi connectivity index (χ1v) is 5.87. The summed E-state index contributed by atoms with van der Waals surface area (Å²) in [6, 6.07) is 0.110. The molecule has 0 radical (unpaired) electrons. The van der Waals surface area contributed by atoms with Crippen molar-refractivity contribution in [3.05, 3.63) is 0 Å². The van der Waals surface area contributed by atoms with Crippen molar-refractivity contribution in [2.75, 3.05) is 0 Å². The summed E-state index contributed by atoms with van der Waals surface area (Å²) in [4.78, 5) is 22.4. The maximum absolute atomic E-state index is 11.4. The molecule has 16 heavy (non-hydrogen) atoms. The molecule has 1 rings (SSSR count). The van der Waals surface area contributed by atoms with Gasteiger partial charge in [0.05, 0.1) is 0 Å². The van der Waals surface area contributed by atoms with Crippen LogP contribution in [0.15, 0.2) is 0 Å². The van der Waals surface area contributed by atoms with Crippen molar-refractivity contribution in [2.45, 2.75) is 45.6 Å². The molecule has 1 aliphatic carbocycles. The van der Waals surface area contributed by atoms with Crippen molar-refractivity contribution in [1.29, 1.82) is 0 Å². The van der Waals surface area contributed by atoms with E-state index >= 15 is 0 Å². The van der Waals surface area contributed by atoms with Gasteiger partial charge in [-0.15, -0.1) is 0 Å². The highest BCUT2D eigenvalue weighted by Crippen LogP contribution is 2.30. The van der Waals surface area contributed by atoms with Crippen molar-refractivity contribution in [3.8, 4) is 0 Å². The first kappa shape index (κ1) is 13.0. The summed E-state index contributed by atoms with van der Waals surface area (Å²) in [6.45, 7) is 4.30. The summed E-state index contributed by atoms with van der Waals surface area (Å²) in [6.07, 6.45) is 4.38. The van der Waals surface area contributed by atoms with Crippen LogP contribution in [0.3, 0.4) is 0 Å². The van der Waals surface area contributed by atoms with Gasteiger partial charge >= 0.3 is 11.8 Å². The molecule has 1 aliphatic rings. The van der Waals surface area contributed by atoms with Crippen LogP contribution in [0.2, 0.25) is 0 Å². The number of carbonyl (C=O) groups is 2. The summed E-state index contributed by atoms with van der Waals surface area (Å²) in [5.41, 5.74) is 1.85. The lowest BCUT2D eigenvalue weighted by atomic mass is 9.78. The van der Waals surface area contributed by atoms with Crippen molar-refractivity contribution in [1.82, 2.24) is 10.7 Å². The van der Waals surface area contributed by atoms with Crippen LogP contribution < -0.4 is 16.6 Å². The van der Waals surface area contributed by atoms with E-state index in [1.807, 2.05) is 5.43 Å². The Labute approximate surface area is 96.1 Å². The van der Waals surface area contributed by atoms with Crippen LogP contribution in [0, 0.1) is 11.8 Å². The second-order valence-corrected chi connectivity index (χ2v) is 4.75. The highest BCUT2D eigenvalue weighted by atomic mass is 16.2. The molecule has 0 bridgehead atoms. The maximum Gasteiger partial charge on any atom is 0.323 e. The van der Waals surface area contributed by atoms with Crippen molar-refractivity contribution >= 4 is 11.8 Å².